The van der Waals surface area contributed by atoms with Gasteiger partial charge < -0.3 is 4.90 Å². The molecule has 2 aromatic rings. The van der Waals surface area contributed by atoms with Crippen LogP contribution < -0.4 is 0 Å². The Morgan fingerprint density at radius 2 is 2.00 bits per heavy atom. The fourth-order valence-corrected chi connectivity index (χ4v) is 2.90. The van der Waals surface area contributed by atoms with Gasteiger partial charge in [0.1, 0.15) is 0 Å². The highest BCUT2D eigenvalue weighted by Crippen LogP contribution is 2.27. The number of carbonyl (C=O) groups excluding carboxylic acids is 1. The van der Waals surface area contributed by atoms with Crippen molar-refractivity contribution in [2.45, 2.75) is 13.1 Å². The van der Waals surface area contributed by atoms with Crippen molar-refractivity contribution in [3.8, 4) is 0 Å². The molecule has 0 N–H and O–H groups in total. The standard InChI is InChI=1S/C15H11BrClNO/c16-12-5-6-14(17)11(7-12)9-18-8-10-3-1-2-4-13(10)15(18)19/h1-7H,8-9H2. The molecule has 0 saturated heterocycles. The fourth-order valence-electron chi connectivity index (χ4n) is 2.31. The maximum absolute atomic E-state index is 12.3. The molecular formula is C15H11BrClNO. The van der Waals surface area contributed by atoms with Crippen molar-refractivity contribution in [2.75, 3.05) is 0 Å². The van der Waals surface area contributed by atoms with Crippen molar-refractivity contribution in [3.05, 3.63) is 68.7 Å². The van der Waals surface area contributed by atoms with E-state index in [1.54, 1.807) is 0 Å². The zero-order chi connectivity index (χ0) is 13.4. The van der Waals surface area contributed by atoms with E-state index >= 15 is 0 Å². The summed E-state index contributed by atoms with van der Waals surface area (Å²) in [5.41, 5.74) is 2.84. The van der Waals surface area contributed by atoms with Gasteiger partial charge in [0, 0.05) is 28.1 Å². The Balaban J connectivity index is 1.87. The minimum absolute atomic E-state index is 0.0756. The first-order valence-electron chi connectivity index (χ1n) is 5.96. The molecule has 0 aromatic heterocycles. The third kappa shape index (κ3) is 2.40. The molecule has 0 atom stereocenters. The van der Waals surface area contributed by atoms with Crippen LogP contribution in [0.1, 0.15) is 21.5 Å². The molecule has 1 aliphatic heterocycles. The van der Waals surface area contributed by atoms with Crippen molar-refractivity contribution in [3.63, 3.8) is 0 Å². The summed E-state index contributed by atoms with van der Waals surface area (Å²) in [4.78, 5) is 14.1. The lowest BCUT2D eigenvalue weighted by atomic mass is 10.1. The Bertz CT molecular complexity index is 656. The first-order chi connectivity index (χ1) is 9.15. The first kappa shape index (κ1) is 12.7. The van der Waals surface area contributed by atoms with Crippen LogP contribution in [0.15, 0.2) is 46.9 Å². The second kappa shape index (κ2) is 4.99. The van der Waals surface area contributed by atoms with E-state index < -0.39 is 0 Å². The van der Waals surface area contributed by atoms with E-state index in [4.69, 9.17) is 11.6 Å². The minimum atomic E-state index is 0.0756. The van der Waals surface area contributed by atoms with Crippen LogP contribution in [-0.2, 0) is 13.1 Å². The number of hydrogen-bond donors (Lipinski definition) is 0. The van der Waals surface area contributed by atoms with E-state index in [0.717, 1.165) is 21.2 Å². The molecule has 4 heteroatoms. The monoisotopic (exact) mass is 335 g/mol. The molecule has 2 aromatic carbocycles. The lowest BCUT2D eigenvalue weighted by molar-refractivity contribution is 0.0767. The van der Waals surface area contributed by atoms with Gasteiger partial charge >= 0.3 is 0 Å². The third-order valence-corrected chi connectivity index (χ3v) is 4.13. The average molecular weight is 337 g/mol. The maximum atomic E-state index is 12.3. The van der Waals surface area contributed by atoms with Gasteiger partial charge in [-0.3, -0.25) is 4.79 Å². The second-order valence-electron chi connectivity index (χ2n) is 4.55. The van der Waals surface area contributed by atoms with Crippen LogP contribution in [0.5, 0.6) is 0 Å². The van der Waals surface area contributed by atoms with Gasteiger partial charge in [-0.15, -0.1) is 0 Å². The van der Waals surface area contributed by atoms with Crippen molar-refractivity contribution in [1.82, 2.24) is 4.90 Å². The minimum Gasteiger partial charge on any atom is -0.330 e. The molecule has 0 saturated carbocycles. The van der Waals surface area contributed by atoms with Gasteiger partial charge in [0.25, 0.3) is 5.91 Å². The van der Waals surface area contributed by atoms with E-state index in [1.807, 2.05) is 47.4 Å². The molecule has 2 nitrogen and oxygen atoms in total. The number of fused-ring (bicyclic) bond motifs is 1. The van der Waals surface area contributed by atoms with Gasteiger partial charge in [-0.2, -0.15) is 0 Å². The zero-order valence-electron chi connectivity index (χ0n) is 10.1. The van der Waals surface area contributed by atoms with Crippen molar-refractivity contribution < 1.29 is 4.79 Å². The van der Waals surface area contributed by atoms with Crippen LogP contribution in [0.2, 0.25) is 5.02 Å². The van der Waals surface area contributed by atoms with E-state index in [-0.39, 0.29) is 5.91 Å². The molecule has 0 radical (unpaired) electrons. The molecule has 0 spiro atoms. The summed E-state index contributed by atoms with van der Waals surface area (Å²) in [6.07, 6.45) is 0. The second-order valence-corrected chi connectivity index (χ2v) is 5.88. The molecule has 19 heavy (non-hydrogen) atoms. The van der Waals surface area contributed by atoms with Gasteiger partial charge in [-0.25, -0.2) is 0 Å². The van der Waals surface area contributed by atoms with E-state index in [0.29, 0.717) is 18.1 Å². The summed E-state index contributed by atoms with van der Waals surface area (Å²) in [7, 11) is 0. The van der Waals surface area contributed by atoms with Crippen molar-refractivity contribution >= 4 is 33.4 Å². The lowest BCUT2D eigenvalue weighted by Gasteiger charge is -2.16. The number of halogens is 2. The summed E-state index contributed by atoms with van der Waals surface area (Å²) in [5.74, 6) is 0.0756. The molecule has 3 rings (SSSR count). The van der Waals surface area contributed by atoms with Gasteiger partial charge in [-0.05, 0) is 35.4 Å². The third-order valence-electron chi connectivity index (χ3n) is 3.27. The molecule has 0 bridgehead atoms. The van der Waals surface area contributed by atoms with E-state index in [2.05, 4.69) is 15.9 Å². The van der Waals surface area contributed by atoms with E-state index in [9.17, 15) is 4.79 Å². The van der Waals surface area contributed by atoms with Gasteiger partial charge in [0.2, 0.25) is 0 Å². The normalized spacial score (nSPS) is 13.8. The van der Waals surface area contributed by atoms with Gasteiger partial charge in [-0.1, -0.05) is 45.7 Å². The van der Waals surface area contributed by atoms with Gasteiger partial charge in [0.15, 0.2) is 0 Å². The van der Waals surface area contributed by atoms with Crippen LogP contribution in [0.25, 0.3) is 0 Å². The molecule has 96 valence electrons. The topological polar surface area (TPSA) is 20.3 Å². The van der Waals surface area contributed by atoms with E-state index in [1.165, 1.54) is 0 Å². The summed E-state index contributed by atoms with van der Waals surface area (Å²) in [6, 6.07) is 13.4. The number of benzene rings is 2. The van der Waals surface area contributed by atoms with Crippen LogP contribution in [0, 0.1) is 0 Å². The number of carbonyl (C=O) groups is 1. The highest BCUT2D eigenvalue weighted by molar-refractivity contribution is 9.10. The Morgan fingerprint density at radius 1 is 1.21 bits per heavy atom. The zero-order valence-corrected chi connectivity index (χ0v) is 12.4. The predicted octanol–water partition coefficient (Wildman–Crippen LogP) is 4.26. The molecule has 0 fully saturated rings. The highest BCUT2D eigenvalue weighted by atomic mass is 79.9. The molecule has 1 amide bonds. The number of amides is 1. The van der Waals surface area contributed by atoms with Crippen molar-refractivity contribution in [1.29, 1.82) is 0 Å². The van der Waals surface area contributed by atoms with Crippen molar-refractivity contribution in [2.24, 2.45) is 0 Å². The Hall–Kier alpha value is -1.32. The van der Waals surface area contributed by atoms with Crippen LogP contribution >= 0.6 is 27.5 Å². The Labute approximate surface area is 125 Å². The average Bonchev–Trinajstić information content (AvgIpc) is 2.72. The smallest absolute Gasteiger partial charge is 0.254 e. The largest absolute Gasteiger partial charge is 0.330 e. The number of hydrogen-bond acceptors (Lipinski definition) is 1. The number of nitrogens with zero attached hydrogens (tertiary/aromatic N) is 1. The molecule has 1 heterocycles. The summed E-state index contributed by atoms with van der Waals surface area (Å²) >= 11 is 9.60. The van der Waals surface area contributed by atoms with Crippen LogP contribution in [-0.4, -0.2) is 10.8 Å². The Morgan fingerprint density at radius 3 is 2.79 bits per heavy atom. The SMILES string of the molecule is O=C1c2ccccc2CN1Cc1cc(Br)ccc1Cl. The molecule has 0 unspecified atom stereocenters. The summed E-state index contributed by atoms with van der Waals surface area (Å²) in [5, 5.41) is 0.687. The van der Waals surface area contributed by atoms with Crippen LogP contribution in [0.4, 0.5) is 0 Å². The molecule has 1 aliphatic rings. The fraction of sp³-hybridized carbons (Fsp3) is 0.133. The van der Waals surface area contributed by atoms with Gasteiger partial charge in [0.05, 0.1) is 0 Å². The lowest BCUT2D eigenvalue weighted by Crippen LogP contribution is -2.23. The highest BCUT2D eigenvalue weighted by Gasteiger charge is 2.27. The predicted molar refractivity (Wildman–Crippen MR) is 79.2 cm³/mol. The first-order valence-corrected chi connectivity index (χ1v) is 7.13. The van der Waals surface area contributed by atoms with Crippen LogP contribution in [0.3, 0.4) is 0 Å². The summed E-state index contributed by atoms with van der Waals surface area (Å²) in [6.45, 7) is 1.18. The number of rotatable bonds is 2. The molecular weight excluding hydrogens is 326 g/mol. The molecule has 0 aliphatic carbocycles. The summed E-state index contributed by atoms with van der Waals surface area (Å²) < 4.78 is 0.969. The Kier molecular flexibility index (Phi) is 3.33. The maximum Gasteiger partial charge on any atom is 0.254 e. The quantitative estimate of drug-likeness (QED) is 0.802.